The first-order valence-electron chi connectivity index (χ1n) is 8.72. The van der Waals surface area contributed by atoms with Crippen LogP contribution in [-0.2, 0) is 15.7 Å². The van der Waals surface area contributed by atoms with Gasteiger partial charge in [0.15, 0.2) is 5.16 Å². The van der Waals surface area contributed by atoms with Crippen molar-refractivity contribution < 1.29 is 27.4 Å². The Morgan fingerprint density at radius 2 is 2.14 bits per heavy atom. The summed E-state index contributed by atoms with van der Waals surface area (Å²) in [6, 6.07) is 2.93. The number of amides is 1. The normalized spacial score (nSPS) is 14.1. The van der Waals surface area contributed by atoms with E-state index in [-0.39, 0.29) is 42.1 Å². The van der Waals surface area contributed by atoms with Crippen molar-refractivity contribution >= 4 is 23.4 Å². The van der Waals surface area contributed by atoms with E-state index in [1.165, 1.54) is 11.7 Å². The third-order valence-corrected chi connectivity index (χ3v) is 5.00. The van der Waals surface area contributed by atoms with E-state index in [4.69, 9.17) is 9.47 Å². The number of alkyl halides is 3. The molecule has 1 saturated carbocycles. The molecule has 3 rings (SSSR count). The lowest BCUT2D eigenvalue weighted by molar-refractivity contribution is -0.137. The van der Waals surface area contributed by atoms with Crippen LogP contribution in [0.2, 0.25) is 0 Å². The van der Waals surface area contributed by atoms with Gasteiger partial charge in [-0.3, -0.25) is 9.36 Å². The Bertz CT molecular complexity index is 924. The van der Waals surface area contributed by atoms with Crippen LogP contribution >= 0.6 is 11.8 Å². The van der Waals surface area contributed by atoms with Gasteiger partial charge in [0.05, 0.1) is 23.6 Å². The van der Waals surface area contributed by atoms with E-state index < -0.39 is 17.6 Å². The number of halogens is 3. The van der Waals surface area contributed by atoms with Crippen LogP contribution in [0.4, 0.5) is 18.9 Å². The van der Waals surface area contributed by atoms with Crippen molar-refractivity contribution in [1.82, 2.24) is 14.8 Å². The second-order valence-corrected chi connectivity index (χ2v) is 7.24. The van der Waals surface area contributed by atoms with Crippen LogP contribution in [0.3, 0.4) is 0 Å². The second-order valence-electron chi connectivity index (χ2n) is 6.30. The van der Waals surface area contributed by atoms with Gasteiger partial charge in [-0.1, -0.05) is 11.8 Å². The zero-order valence-electron chi connectivity index (χ0n) is 15.4. The quantitative estimate of drug-likeness (QED) is 0.467. The maximum atomic E-state index is 13.0. The zero-order valence-corrected chi connectivity index (χ0v) is 16.2. The number of thioether (sulfide) groups is 1. The van der Waals surface area contributed by atoms with Crippen molar-refractivity contribution in [3.8, 4) is 5.75 Å². The van der Waals surface area contributed by atoms with Crippen LogP contribution < -0.4 is 15.7 Å². The number of methoxy groups -OCH3 is 1. The van der Waals surface area contributed by atoms with Gasteiger partial charge in [0, 0.05) is 13.2 Å². The minimum absolute atomic E-state index is 0.0797. The summed E-state index contributed by atoms with van der Waals surface area (Å²) in [5.74, 6) is -0.586. The molecule has 1 aromatic heterocycles. The minimum atomic E-state index is -4.56. The number of carbonyl (C=O) groups is 1. The predicted octanol–water partition coefficient (Wildman–Crippen LogP) is 2.68. The van der Waals surface area contributed by atoms with Gasteiger partial charge >= 0.3 is 11.9 Å². The number of rotatable bonds is 9. The second kappa shape index (κ2) is 8.91. The third kappa shape index (κ3) is 5.54. The number of benzene rings is 1. The molecule has 1 aliphatic carbocycles. The summed E-state index contributed by atoms with van der Waals surface area (Å²) >= 11 is 1.03. The van der Waals surface area contributed by atoms with Crippen molar-refractivity contribution in [3.05, 3.63) is 34.2 Å². The molecule has 1 aromatic carbocycles. The van der Waals surface area contributed by atoms with Crippen LogP contribution in [0.5, 0.6) is 5.75 Å². The summed E-state index contributed by atoms with van der Waals surface area (Å²) < 4.78 is 50.8. The summed E-state index contributed by atoms with van der Waals surface area (Å²) in [4.78, 5) is 24.1. The zero-order chi connectivity index (χ0) is 21.0. The van der Waals surface area contributed by atoms with Gasteiger partial charge in [0.1, 0.15) is 12.4 Å². The molecule has 29 heavy (non-hydrogen) atoms. The Morgan fingerprint density at radius 1 is 1.38 bits per heavy atom. The van der Waals surface area contributed by atoms with Crippen molar-refractivity contribution in [1.29, 1.82) is 0 Å². The lowest BCUT2D eigenvalue weighted by atomic mass is 10.1. The molecule has 0 aliphatic heterocycles. The average molecular weight is 432 g/mol. The Balaban J connectivity index is 1.69. The standard InChI is InChI=1S/C17H19F3N4O4S/c1-27-6-7-28-13-5-2-10(17(18,19)20)8-12(13)21-14(25)9-29-16-23-22-15(26)24(16)11-3-4-11/h2,5,8,11H,3-4,6-7,9H2,1H3,(H,21,25)(H,22,26). The van der Waals surface area contributed by atoms with Crippen LogP contribution in [0.15, 0.2) is 28.2 Å². The van der Waals surface area contributed by atoms with Crippen LogP contribution in [0, 0.1) is 0 Å². The molecule has 1 heterocycles. The first-order valence-corrected chi connectivity index (χ1v) is 9.70. The lowest BCUT2D eigenvalue weighted by Crippen LogP contribution is -2.18. The van der Waals surface area contributed by atoms with Crippen LogP contribution in [-0.4, -0.2) is 46.7 Å². The molecule has 1 aliphatic rings. The fourth-order valence-corrected chi connectivity index (χ4v) is 3.34. The third-order valence-electron chi connectivity index (χ3n) is 4.04. The molecule has 0 unspecified atom stereocenters. The minimum Gasteiger partial charge on any atom is -0.489 e. The van der Waals surface area contributed by atoms with Crippen molar-refractivity contribution in [3.63, 3.8) is 0 Å². The van der Waals surface area contributed by atoms with Gasteiger partial charge in [-0.25, -0.2) is 9.89 Å². The molecule has 158 valence electrons. The molecular formula is C17H19F3N4O4S. The Hall–Kier alpha value is -2.47. The number of aromatic amines is 1. The fraction of sp³-hybridized carbons (Fsp3) is 0.471. The summed E-state index contributed by atoms with van der Waals surface area (Å²) in [7, 11) is 1.46. The average Bonchev–Trinajstić information content (AvgIpc) is 3.43. The van der Waals surface area contributed by atoms with E-state index in [1.54, 1.807) is 0 Å². The summed E-state index contributed by atoms with van der Waals surface area (Å²) in [5, 5.41) is 9.04. The number of nitrogens with zero attached hydrogens (tertiary/aromatic N) is 2. The van der Waals surface area contributed by atoms with Crippen molar-refractivity contribution in [2.45, 2.75) is 30.2 Å². The number of nitrogens with one attached hydrogen (secondary N) is 2. The highest BCUT2D eigenvalue weighted by atomic mass is 32.2. The molecule has 0 saturated heterocycles. The molecule has 0 radical (unpaired) electrons. The molecule has 8 nitrogen and oxygen atoms in total. The van der Waals surface area contributed by atoms with Crippen LogP contribution in [0.1, 0.15) is 24.4 Å². The Morgan fingerprint density at radius 3 is 2.79 bits per heavy atom. The highest BCUT2D eigenvalue weighted by Crippen LogP contribution is 2.37. The Kier molecular flexibility index (Phi) is 6.52. The fourth-order valence-electron chi connectivity index (χ4n) is 2.53. The van der Waals surface area contributed by atoms with Crippen molar-refractivity contribution in [2.75, 3.05) is 31.4 Å². The smallest absolute Gasteiger partial charge is 0.416 e. The summed E-state index contributed by atoms with van der Waals surface area (Å²) in [6.07, 6.45) is -2.83. The number of ether oxygens (including phenoxy) is 2. The molecule has 1 amide bonds. The molecule has 2 aromatic rings. The number of anilines is 1. The van der Waals surface area contributed by atoms with Gasteiger partial charge in [-0.15, -0.1) is 5.10 Å². The monoisotopic (exact) mass is 432 g/mol. The SMILES string of the molecule is COCCOc1ccc(C(F)(F)F)cc1NC(=O)CSc1n[nH]c(=O)n1C1CC1. The van der Waals surface area contributed by atoms with E-state index >= 15 is 0 Å². The van der Waals surface area contributed by atoms with Gasteiger partial charge in [0.2, 0.25) is 5.91 Å². The number of H-pyrrole nitrogens is 1. The number of hydrogen-bond donors (Lipinski definition) is 2. The Labute approximate surface area is 167 Å². The number of carbonyl (C=O) groups excluding carboxylic acids is 1. The van der Waals surface area contributed by atoms with E-state index in [9.17, 15) is 22.8 Å². The molecule has 2 N–H and O–H groups in total. The summed E-state index contributed by atoms with van der Waals surface area (Å²) in [5.41, 5.74) is -1.35. The number of hydrogen-bond acceptors (Lipinski definition) is 6. The molecule has 12 heteroatoms. The van der Waals surface area contributed by atoms with E-state index in [1.807, 2.05) is 0 Å². The molecule has 0 bridgehead atoms. The van der Waals surface area contributed by atoms with E-state index in [2.05, 4.69) is 15.5 Å². The van der Waals surface area contributed by atoms with E-state index in [0.717, 1.165) is 42.8 Å². The predicted molar refractivity (Wildman–Crippen MR) is 99.3 cm³/mol. The first-order chi connectivity index (χ1) is 13.8. The first kappa shape index (κ1) is 21.2. The maximum Gasteiger partial charge on any atom is 0.416 e. The van der Waals surface area contributed by atoms with E-state index in [0.29, 0.717) is 5.16 Å². The van der Waals surface area contributed by atoms with Gasteiger partial charge < -0.3 is 14.8 Å². The molecule has 0 spiro atoms. The van der Waals surface area contributed by atoms with Gasteiger partial charge in [0.25, 0.3) is 0 Å². The summed E-state index contributed by atoms with van der Waals surface area (Å²) in [6.45, 7) is 0.350. The van der Waals surface area contributed by atoms with Crippen molar-refractivity contribution in [2.24, 2.45) is 0 Å². The van der Waals surface area contributed by atoms with Gasteiger partial charge in [-0.05, 0) is 31.0 Å². The topological polar surface area (TPSA) is 98.2 Å². The largest absolute Gasteiger partial charge is 0.489 e. The lowest BCUT2D eigenvalue weighted by Gasteiger charge is -2.15. The highest BCUT2D eigenvalue weighted by Gasteiger charge is 2.32. The number of aromatic nitrogens is 3. The maximum absolute atomic E-state index is 13.0. The molecule has 0 atom stereocenters. The molecule has 1 fully saturated rings. The molecular weight excluding hydrogens is 413 g/mol. The highest BCUT2D eigenvalue weighted by molar-refractivity contribution is 7.99. The van der Waals surface area contributed by atoms with Crippen LogP contribution in [0.25, 0.3) is 0 Å². The van der Waals surface area contributed by atoms with Gasteiger partial charge in [-0.2, -0.15) is 13.2 Å².